The zero-order valence-electron chi connectivity index (χ0n) is 5.38. The number of hydrogen-bond acceptors (Lipinski definition) is 1. The fourth-order valence-corrected chi connectivity index (χ4v) is 0.811. The van der Waals surface area contributed by atoms with E-state index in [-0.39, 0.29) is 0 Å². The SMILES string of the molecule is NCC[13c]1ccccc1. The van der Waals surface area contributed by atoms with Gasteiger partial charge in [0, 0.05) is 0 Å². The van der Waals surface area contributed by atoms with Crippen LogP contribution in [-0.2, 0) is 6.42 Å². The molecule has 1 aromatic rings. The van der Waals surface area contributed by atoms with Crippen molar-refractivity contribution in [3.63, 3.8) is 0 Å². The van der Waals surface area contributed by atoms with E-state index in [1.54, 1.807) is 0 Å². The highest BCUT2D eigenvalue weighted by Crippen LogP contribution is 1.96. The first-order chi connectivity index (χ1) is 4.43. The highest BCUT2D eigenvalue weighted by Gasteiger charge is 1.84. The summed E-state index contributed by atoms with van der Waals surface area (Å²) in [6, 6.07) is 10.3. The molecule has 0 aromatic heterocycles. The van der Waals surface area contributed by atoms with E-state index < -0.39 is 0 Å². The van der Waals surface area contributed by atoms with Crippen LogP contribution in [0.5, 0.6) is 0 Å². The normalized spacial score (nSPS) is 9.44. The van der Waals surface area contributed by atoms with Gasteiger partial charge in [0.2, 0.25) is 0 Å². The lowest BCUT2D eigenvalue weighted by atomic mass is 10.4. The molecule has 1 heteroatoms. The van der Waals surface area contributed by atoms with Crippen LogP contribution in [-0.4, -0.2) is 6.54 Å². The van der Waals surface area contributed by atoms with Crippen LogP contribution in [0.15, 0.2) is 30.3 Å². The summed E-state index contributed by atoms with van der Waals surface area (Å²) in [5.41, 5.74) is 6.68. The molecular weight excluding hydrogens is 111 g/mol. The summed E-state index contributed by atoms with van der Waals surface area (Å²) in [6.45, 7) is 0.740. The van der Waals surface area contributed by atoms with E-state index >= 15 is 0 Å². The van der Waals surface area contributed by atoms with Gasteiger partial charge < -0.3 is 5.73 Å². The molecule has 1 rings (SSSR count). The Bertz CT molecular complexity index is 157. The van der Waals surface area contributed by atoms with Crippen LogP contribution in [0.3, 0.4) is 0 Å². The maximum Gasteiger partial charge on any atom is -0.00367 e. The molecule has 1 aromatic carbocycles. The highest BCUT2D eigenvalue weighted by atomic mass is 14.5. The first-order valence-electron chi connectivity index (χ1n) is 3.17. The molecule has 1 nitrogen and oxygen atoms in total. The van der Waals surface area contributed by atoms with Crippen molar-refractivity contribution in [2.45, 2.75) is 6.42 Å². The molecule has 0 bridgehead atoms. The molecular formula is C8H11N. The zero-order chi connectivity index (χ0) is 6.53. The molecule has 48 valence electrons. The van der Waals surface area contributed by atoms with Crippen LogP contribution >= 0.6 is 0 Å². The van der Waals surface area contributed by atoms with E-state index in [0.29, 0.717) is 0 Å². The molecule has 0 atom stereocenters. The van der Waals surface area contributed by atoms with Gasteiger partial charge in [0.05, 0.1) is 0 Å². The minimum atomic E-state index is 0.740. The zero-order valence-corrected chi connectivity index (χ0v) is 5.38. The number of rotatable bonds is 2. The van der Waals surface area contributed by atoms with Gasteiger partial charge in [0.25, 0.3) is 0 Å². The van der Waals surface area contributed by atoms with Crippen molar-refractivity contribution in [2.75, 3.05) is 6.54 Å². The van der Waals surface area contributed by atoms with Gasteiger partial charge in [-0.1, -0.05) is 30.3 Å². The molecule has 0 saturated carbocycles. The van der Waals surface area contributed by atoms with E-state index in [9.17, 15) is 0 Å². The van der Waals surface area contributed by atoms with Crippen LogP contribution in [0.25, 0.3) is 0 Å². The Hall–Kier alpha value is -0.820. The van der Waals surface area contributed by atoms with Gasteiger partial charge in [-0.2, -0.15) is 0 Å². The Labute approximate surface area is 55.5 Å². The second-order valence-electron chi connectivity index (χ2n) is 2.02. The topological polar surface area (TPSA) is 26.0 Å². The Morgan fingerprint density at radius 2 is 1.78 bits per heavy atom. The fraction of sp³-hybridized carbons (Fsp3) is 0.250. The van der Waals surface area contributed by atoms with Gasteiger partial charge in [-0.25, -0.2) is 0 Å². The van der Waals surface area contributed by atoms with Crippen LogP contribution in [0.2, 0.25) is 0 Å². The van der Waals surface area contributed by atoms with Crippen molar-refractivity contribution in [3.05, 3.63) is 35.9 Å². The summed E-state index contributed by atoms with van der Waals surface area (Å²) in [5.74, 6) is 0. The van der Waals surface area contributed by atoms with Crippen LogP contribution in [0.1, 0.15) is 5.56 Å². The van der Waals surface area contributed by atoms with Crippen molar-refractivity contribution >= 4 is 0 Å². The quantitative estimate of drug-likeness (QED) is 0.626. The lowest BCUT2D eigenvalue weighted by Gasteiger charge is -1.93. The van der Waals surface area contributed by atoms with E-state index in [2.05, 4.69) is 12.1 Å². The predicted molar refractivity (Wildman–Crippen MR) is 39.2 cm³/mol. The Morgan fingerprint density at radius 3 is 2.33 bits per heavy atom. The Balaban J connectivity index is 2.61. The minimum absolute atomic E-state index is 0.740. The number of nitrogens with two attached hydrogens (primary N) is 1. The minimum Gasteiger partial charge on any atom is -0.330 e. The summed E-state index contributed by atoms with van der Waals surface area (Å²) < 4.78 is 0. The van der Waals surface area contributed by atoms with Gasteiger partial charge in [0.15, 0.2) is 0 Å². The lowest BCUT2D eigenvalue weighted by molar-refractivity contribution is 0.969. The van der Waals surface area contributed by atoms with Crippen LogP contribution in [0, 0.1) is 0 Å². The van der Waals surface area contributed by atoms with E-state index in [0.717, 1.165) is 13.0 Å². The summed E-state index contributed by atoms with van der Waals surface area (Å²) in [4.78, 5) is 0. The summed E-state index contributed by atoms with van der Waals surface area (Å²) in [6.07, 6.45) is 0.987. The third-order valence-electron chi connectivity index (χ3n) is 1.28. The molecule has 0 unspecified atom stereocenters. The molecule has 0 spiro atoms. The summed E-state index contributed by atoms with van der Waals surface area (Å²) in [7, 11) is 0. The van der Waals surface area contributed by atoms with Crippen molar-refractivity contribution < 1.29 is 0 Å². The van der Waals surface area contributed by atoms with Crippen molar-refractivity contribution in [1.29, 1.82) is 0 Å². The lowest BCUT2D eigenvalue weighted by Crippen LogP contribution is -2.01. The third kappa shape index (κ3) is 1.86. The Kier molecular flexibility index (Phi) is 2.28. The maximum atomic E-state index is 5.36. The number of hydrogen-bond donors (Lipinski definition) is 1. The molecule has 9 heavy (non-hydrogen) atoms. The molecule has 0 aliphatic heterocycles. The smallest absolute Gasteiger partial charge is 0.00367 e. The standard InChI is InChI=1S/C8H11N/c9-7-6-8-4-2-1-3-5-8/h1-5H,6-7,9H2/i8+1. The fourth-order valence-electron chi connectivity index (χ4n) is 0.811. The highest BCUT2D eigenvalue weighted by molar-refractivity contribution is 5.14. The monoisotopic (exact) mass is 122 g/mol. The van der Waals surface area contributed by atoms with E-state index in [4.69, 9.17) is 5.73 Å². The number of benzene rings is 1. The molecule has 0 radical (unpaired) electrons. The van der Waals surface area contributed by atoms with Gasteiger partial charge in [-0.05, 0) is 18.5 Å². The average molecular weight is 122 g/mol. The molecule has 0 fully saturated rings. The molecule has 0 aliphatic rings. The molecule has 0 amide bonds. The van der Waals surface area contributed by atoms with Gasteiger partial charge in [0.1, 0.15) is 0 Å². The summed E-state index contributed by atoms with van der Waals surface area (Å²) >= 11 is 0. The Morgan fingerprint density at radius 1 is 1.11 bits per heavy atom. The average Bonchev–Trinajstić information content (AvgIpc) is 1.91. The van der Waals surface area contributed by atoms with Crippen molar-refractivity contribution in [1.82, 2.24) is 0 Å². The first kappa shape index (κ1) is 6.30. The second kappa shape index (κ2) is 3.25. The van der Waals surface area contributed by atoms with Crippen LogP contribution in [0.4, 0.5) is 0 Å². The molecule has 0 aliphatic carbocycles. The van der Waals surface area contributed by atoms with Gasteiger partial charge in [-0.15, -0.1) is 0 Å². The van der Waals surface area contributed by atoms with Crippen molar-refractivity contribution in [3.8, 4) is 0 Å². The predicted octanol–water partition coefficient (Wildman–Crippen LogP) is 1.19. The van der Waals surface area contributed by atoms with Gasteiger partial charge in [-0.3, -0.25) is 0 Å². The maximum absolute atomic E-state index is 5.36. The first-order valence-corrected chi connectivity index (χ1v) is 3.17. The third-order valence-corrected chi connectivity index (χ3v) is 1.28. The molecule has 0 saturated heterocycles. The summed E-state index contributed by atoms with van der Waals surface area (Å²) in [5, 5.41) is 0. The van der Waals surface area contributed by atoms with Crippen LogP contribution < -0.4 is 5.73 Å². The van der Waals surface area contributed by atoms with E-state index in [1.165, 1.54) is 5.56 Å². The molecule has 0 heterocycles. The molecule has 2 N–H and O–H groups in total. The second-order valence-corrected chi connectivity index (χ2v) is 2.02. The largest absolute Gasteiger partial charge is 0.330 e. The van der Waals surface area contributed by atoms with E-state index in [1.807, 2.05) is 18.2 Å². The van der Waals surface area contributed by atoms with Gasteiger partial charge >= 0.3 is 0 Å². The van der Waals surface area contributed by atoms with Crippen molar-refractivity contribution in [2.24, 2.45) is 5.73 Å².